The van der Waals surface area contributed by atoms with Gasteiger partial charge in [0, 0.05) is 19.5 Å². The number of amides is 3. The monoisotopic (exact) mass is 341 g/mol. The molecule has 0 aliphatic carbocycles. The Bertz CT molecular complexity index is 463. The van der Waals surface area contributed by atoms with E-state index in [1.165, 1.54) is 0 Å². The topological polar surface area (TPSA) is 102 Å². The van der Waals surface area contributed by atoms with Crippen LogP contribution in [0.4, 0.5) is 4.79 Å². The highest BCUT2D eigenvalue weighted by Crippen LogP contribution is 2.22. The van der Waals surface area contributed by atoms with E-state index in [0.717, 1.165) is 12.8 Å². The maximum absolute atomic E-state index is 12.1. The van der Waals surface area contributed by atoms with Crippen molar-refractivity contribution in [3.05, 3.63) is 0 Å². The molecule has 1 saturated heterocycles. The van der Waals surface area contributed by atoms with Gasteiger partial charge in [-0.3, -0.25) is 9.59 Å². The van der Waals surface area contributed by atoms with Crippen LogP contribution in [0.15, 0.2) is 0 Å². The minimum absolute atomic E-state index is 0.0412. The highest BCUT2D eigenvalue weighted by atomic mass is 16.6. The summed E-state index contributed by atoms with van der Waals surface area (Å²) in [6.45, 7) is 10.4. The first kappa shape index (κ1) is 20.3. The van der Waals surface area contributed by atoms with E-state index >= 15 is 0 Å². The van der Waals surface area contributed by atoms with Crippen molar-refractivity contribution in [1.29, 1.82) is 0 Å². The third-order valence-corrected chi connectivity index (χ3v) is 4.03. The smallest absolute Gasteiger partial charge is 0.410 e. The Morgan fingerprint density at radius 3 is 2.17 bits per heavy atom. The van der Waals surface area contributed by atoms with Crippen LogP contribution < -0.4 is 11.1 Å². The molecule has 7 heteroatoms. The molecule has 1 aliphatic rings. The molecule has 24 heavy (non-hydrogen) atoms. The van der Waals surface area contributed by atoms with Crippen LogP contribution in [0.1, 0.15) is 53.9 Å². The fourth-order valence-corrected chi connectivity index (χ4v) is 2.71. The molecule has 0 radical (unpaired) electrons. The normalized spacial score (nSPS) is 17.5. The first-order chi connectivity index (χ1) is 11.0. The summed E-state index contributed by atoms with van der Waals surface area (Å²) in [4.78, 5) is 37.2. The number of likely N-dealkylation sites (tertiary alicyclic amines) is 1. The maximum Gasteiger partial charge on any atom is 0.410 e. The second-order valence-electron chi connectivity index (χ2n) is 7.81. The predicted molar refractivity (Wildman–Crippen MR) is 91.1 cm³/mol. The van der Waals surface area contributed by atoms with E-state index in [1.807, 2.05) is 34.6 Å². The average molecular weight is 341 g/mol. The zero-order chi connectivity index (χ0) is 18.5. The van der Waals surface area contributed by atoms with Gasteiger partial charge >= 0.3 is 6.09 Å². The molecule has 0 aromatic heterocycles. The van der Waals surface area contributed by atoms with Crippen LogP contribution >= 0.6 is 0 Å². The lowest BCUT2D eigenvalue weighted by atomic mass is 9.93. The van der Waals surface area contributed by atoms with Crippen LogP contribution in [-0.4, -0.2) is 47.5 Å². The van der Waals surface area contributed by atoms with Crippen LogP contribution in [0, 0.1) is 11.8 Å². The Kier molecular flexibility index (Phi) is 7.05. The molecule has 0 aromatic carbocycles. The molecule has 3 N–H and O–H groups in total. The number of carbonyl (C=O) groups is 3. The van der Waals surface area contributed by atoms with Crippen molar-refractivity contribution in [2.75, 3.05) is 13.1 Å². The second-order valence-corrected chi connectivity index (χ2v) is 7.81. The Morgan fingerprint density at radius 2 is 1.75 bits per heavy atom. The first-order valence-corrected chi connectivity index (χ1v) is 8.56. The summed E-state index contributed by atoms with van der Waals surface area (Å²) in [5, 5.41) is 2.71. The summed E-state index contributed by atoms with van der Waals surface area (Å²) < 4.78 is 5.36. The molecule has 0 spiro atoms. The second kappa shape index (κ2) is 8.35. The molecule has 0 aromatic rings. The molecule has 0 bridgehead atoms. The fourth-order valence-electron chi connectivity index (χ4n) is 2.71. The van der Waals surface area contributed by atoms with Gasteiger partial charge in [0.1, 0.15) is 11.6 Å². The standard InChI is InChI=1S/C17H31N3O4/c1-11(2)14(15(18)22)19-13(21)10-12-6-8-20(9-7-12)16(23)24-17(3,4)5/h11-12,14H,6-10H2,1-5H3,(H2,18,22)(H,19,21)/t14-/m0/s1. The molecular formula is C17H31N3O4. The molecule has 1 heterocycles. The molecule has 3 amide bonds. The van der Waals surface area contributed by atoms with Gasteiger partial charge in [-0.2, -0.15) is 0 Å². The summed E-state index contributed by atoms with van der Waals surface area (Å²) in [6, 6.07) is -0.639. The van der Waals surface area contributed by atoms with Crippen LogP contribution in [0.2, 0.25) is 0 Å². The van der Waals surface area contributed by atoms with Crippen LogP contribution in [-0.2, 0) is 14.3 Å². The largest absolute Gasteiger partial charge is 0.444 e. The molecule has 138 valence electrons. The van der Waals surface area contributed by atoms with Crippen molar-refractivity contribution < 1.29 is 19.1 Å². The number of hydrogen-bond acceptors (Lipinski definition) is 4. The predicted octanol–water partition coefficient (Wildman–Crippen LogP) is 1.65. The van der Waals surface area contributed by atoms with E-state index < -0.39 is 17.6 Å². The number of carbonyl (C=O) groups excluding carboxylic acids is 3. The summed E-state index contributed by atoms with van der Waals surface area (Å²) >= 11 is 0. The third kappa shape index (κ3) is 6.76. The number of nitrogens with one attached hydrogen (secondary N) is 1. The number of nitrogens with two attached hydrogens (primary N) is 1. The van der Waals surface area contributed by atoms with E-state index in [0.29, 0.717) is 19.5 Å². The summed E-state index contributed by atoms with van der Waals surface area (Å²) in [5.74, 6) is -0.522. The van der Waals surface area contributed by atoms with E-state index in [2.05, 4.69) is 5.32 Å². The van der Waals surface area contributed by atoms with Crippen molar-refractivity contribution in [3.8, 4) is 0 Å². The minimum Gasteiger partial charge on any atom is -0.444 e. The molecule has 1 fully saturated rings. The highest BCUT2D eigenvalue weighted by Gasteiger charge is 2.29. The van der Waals surface area contributed by atoms with Crippen LogP contribution in [0.5, 0.6) is 0 Å². The number of ether oxygens (including phenoxy) is 1. The van der Waals surface area contributed by atoms with Crippen molar-refractivity contribution in [2.45, 2.75) is 65.5 Å². The van der Waals surface area contributed by atoms with Gasteiger partial charge in [0.05, 0.1) is 0 Å². The number of rotatable bonds is 5. The SMILES string of the molecule is CC(C)[C@H](NC(=O)CC1CCN(C(=O)OC(C)(C)C)CC1)C(N)=O. The van der Waals surface area contributed by atoms with Gasteiger partial charge in [0.25, 0.3) is 0 Å². The number of hydrogen-bond donors (Lipinski definition) is 2. The van der Waals surface area contributed by atoms with E-state index in [-0.39, 0.29) is 23.8 Å². The maximum atomic E-state index is 12.1. The first-order valence-electron chi connectivity index (χ1n) is 8.56. The lowest BCUT2D eigenvalue weighted by Crippen LogP contribution is -2.48. The number of piperidine rings is 1. The summed E-state index contributed by atoms with van der Waals surface area (Å²) in [6.07, 6.45) is 1.53. The average Bonchev–Trinajstić information content (AvgIpc) is 2.43. The summed E-state index contributed by atoms with van der Waals surface area (Å²) in [5.41, 5.74) is 4.80. The third-order valence-electron chi connectivity index (χ3n) is 4.03. The van der Waals surface area contributed by atoms with Crippen LogP contribution in [0.3, 0.4) is 0 Å². The summed E-state index contributed by atoms with van der Waals surface area (Å²) in [7, 11) is 0. The molecular weight excluding hydrogens is 310 g/mol. The minimum atomic E-state index is -0.639. The molecule has 1 aliphatic heterocycles. The van der Waals surface area contributed by atoms with E-state index in [4.69, 9.17) is 10.5 Å². The van der Waals surface area contributed by atoms with Crippen molar-refractivity contribution >= 4 is 17.9 Å². The fraction of sp³-hybridized carbons (Fsp3) is 0.824. The quantitative estimate of drug-likeness (QED) is 0.794. The van der Waals surface area contributed by atoms with E-state index in [1.54, 1.807) is 4.90 Å². The van der Waals surface area contributed by atoms with Gasteiger partial charge in [-0.25, -0.2) is 4.79 Å². The van der Waals surface area contributed by atoms with E-state index in [9.17, 15) is 14.4 Å². The molecule has 1 atom stereocenters. The number of primary amides is 1. The van der Waals surface area contributed by atoms with Crippen molar-refractivity contribution in [3.63, 3.8) is 0 Å². The molecule has 7 nitrogen and oxygen atoms in total. The van der Waals surface area contributed by atoms with Gasteiger partial charge in [-0.1, -0.05) is 13.8 Å². The van der Waals surface area contributed by atoms with Gasteiger partial charge in [0.2, 0.25) is 11.8 Å². The molecule has 1 rings (SSSR count). The highest BCUT2D eigenvalue weighted by molar-refractivity contribution is 5.86. The van der Waals surface area contributed by atoms with Crippen LogP contribution in [0.25, 0.3) is 0 Å². The van der Waals surface area contributed by atoms with Gasteiger partial charge in [0.15, 0.2) is 0 Å². The lowest BCUT2D eigenvalue weighted by Gasteiger charge is -2.33. The van der Waals surface area contributed by atoms with Gasteiger partial charge < -0.3 is 20.7 Å². The Hall–Kier alpha value is -1.79. The Morgan fingerprint density at radius 1 is 1.21 bits per heavy atom. The van der Waals surface area contributed by atoms with Gasteiger partial charge in [-0.15, -0.1) is 0 Å². The molecule has 0 saturated carbocycles. The Balaban J connectivity index is 2.42. The zero-order valence-corrected chi connectivity index (χ0v) is 15.4. The number of nitrogens with zero attached hydrogens (tertiary/aromatic N) is 1. The zero-order valence-electron chi connectivity index (χ0n) is 15.4. The van der Waals surface area contributed by atoms with Crippen molar-refractivity contribution in [1.82, 2.24) is 10.2 Å². The lowest BCUT2D eigenvalue weighted by molar-refractivity contribution is -0.129. The Labute approximate surface area is 144 Å². The molecule has 0 unspecified atom stereocenters. The van der Waals surface area contributed by atoms with Crippen molar-refractivity contribution in [2.24, 2.45) is 17.6 Å². The van der Waals surface area contributed by atoms with Gasteiger partial charge in [-0.05, 0) is 45.4 Å².